The second-order valence-corrected chi connectivity index (χ2v) is 4.85. The van der Waals surface area contributed by atoms with Gasteiger partial charge in [0.25, 0.3) is 0 Å². The van der Waals surface area contributed by atoms with Gasteiger partial charge in [-0.05, 0) is 51.0 Å². The molecule has 0 fully saturated rings. The Morgan fingerprint density at radius 1 is 1.29 bits per heavy atom. The van der Waals surface area contributed by atoms with Gasteiger partial charge >= 0.3 is 0 Å². The van der Waals surface area contributed by atoms with E-state index in [-0.39, 0.29) is 11.4 Å². The Morgan fingerprint density at radius 3 is 2.64 bits per heavy atom. The minimum Gasteiger partial charge on any atom is -0.366 e. The molecule has 2 heteroatoms. The largest absolute Gasteiger partial charge is 0.366 e. The second-order valence-electron chi connectivity index (χ2n) is 4.85. The maximum Gasteiger partial charge on any atom is 0.123 e. The fourth-order valence-corrected chi connectivity index (χ4v) is 2.07. The van der Waals surface area contributed by atoms with E-state index in [0.717, 1.165) is 18.5 Å². The summed E-state index contributed by atoms with van der Waals surface area (Å²) >= 11 is 0. The van der Waals surface area contributed by atoms with E-state index >= 15 is 0 Å². The van der Waals surface area contributed by atoms with Crippen LogP contribution in [-0.2, 0) is 6.42 Å². The van der Waals surface area contributed by atoms with Crippen LogP contribution < -0.4 is 4.90 Å². The summed E-state index contributed by atoms with van der Waals surface area (Å²) in [6.07, 6.45) is 0.963. The second kappa shape index (κ2) is 2.97. The Labute approximate surface area is 84.5 Å². The van der Waals surface area contributed by atoms with Crippen molar-refractivity contribution in [3.05, 3.63) is 29.6 Å². The van der Waals surface area contributed by atoms with E-state index in [2.05, 4.69) is 25.7 Å². The van der Waals surface area contributed by atoms with E-state index in [0.29, 0.717) is 0 Å². The molecule has 0 radical (unpaired) electrons. The maximum atomic E-state index is 13.0. The van der Waals surface area contributed by atoms with Crippen molar-refractivity contribution in [1.29, 1.82) is 0 Å². The Morgan fingerprint density at radius 2 is 2.00 bits per heavy atom. The molecule has 0 amide bonds. The predicted molar refractivity (Wildman–Crippen MR) is 57.2 cm³/mol. The van der Waals surface area contributed by atoms with Crippen molar-refractivity contribution in [3.8, 4) is 0 Å². The highest BCUT2D eigenvalue weighted by molar-refractivity contribution is 5.59. The SMILES string of the molecule is CC(C)(C)N1CCc2cc(F)ccc21. The lowest BCUT2D eigenvalue weighted by Crippen LogP contribution is -2.40. The molecule has 14 heavy (non-hydrogen) atoms. The molecule has 0 saturated heterocycles. The van der Waals surface area contributed by atoms with Crippen molar-refractivity contribution >= 4 is 5.69 Å². The minimum atomic E-state index is -0.125. The quantitative estimate of drug-likeness (QED) is 0.612. The Balaban J connectivity index is 2.41. The summed E-state index contributed by atoms with van der Waals surface area (Å²) in [4.78, 5) is 2.34. The van der Waals surface area contributed by atoms with Gasteiger partial charge in [-0.2, -0.15) is 0 Å². The van der Waals surface area contributed by atoms with Crippen molar-refractivity contribution in [2.24, 2.45) is 0 Å². The van der Waals surface area contributed by atoms with Gasteiger partial charge in [-0.1, -0.05) is 0 Å². The number of nitrogens with zero attached hydrogens (tertiary/aromatic N) is 1. The van der Waals surface area contributed by atoms with Gasteiger partial charge in [0.05, 0.1) is 0 Å². The third-order valence-electron chi connectivity index (χ3n) is 2.75. The topological polar surface area (TPSA) is 3.24 Å². The van der Waals surface area contributed by atoms with Gasteiger partial charge in [0.15, 0.2) is 0 Å². The van der Waals surface area contributed by atoms with E-state index in [4.69, 9.17) is 0 Å². The normalized spacial score (nSPS) is 15.9. The first-order chi connectivity index (χ1) is 6.48. The van der Waals surface area contributed by atoms with Crippen molar-refractivity contribution in [1.82, 2.24) is 0 Å². The molecule has 1 aromatic rings. The van der Waals surface area contributed by atoms with E-state index in [1.807, 2.05) is 6.07 Å². The molecule has 2 rings (SSSR count). The van der Waals surface area contributed by atoms with Crippen LogP contribution in [0.15, 0.2) is 18.2 Å². The summed E-state index contributed by atoms with van der Waals surface area (Å²) in [5, 5.41) is 0. The molecule has 0 aliphatic carbocycles. The van der Waals surface area contributed by atoms with Crippen LogP contribution in [-0.4, -0.2) is 12.1 Å². The first-order valence-electron chi connectivity index (χ1n) is 5.04. The molecule has 76 valence electrons. The number of hydrogen-bond acceptors (Lipinski definition) is 1. The third-order valence-corrected chi connectivity index (χ3v) is 2.75. The lowest BCUT2D eigenvalue weighted by molar-refractivity contribution is 0.518. The summed E-state index contributed by atoms with van der Waals surface area (Å²) in [6.45, 7) is 7.56. The Kier molecular flexibility index (Phi) is 2.02. The number of hydrogen-bond donors (Lipinski definition) is 0. The van der Waals surface area contributed by atoms with Gasteiger partial charge < -0.3 is 4.90 Å². The zero-order valence-corrected chi connectivity index (χ0v) is 8.97. The number of fused-ring (bicyclic) bond motifs is 1. The number of rotatable bonds is 0. The summed E-state index contributed by atoms with van der Waals surface area (Å²) < 4.78 is 13.0. The molecular formula is C12H16FN. The highest BCUT2D eigenvalue weighted by atomic mass is 19.1. The summed E-state index contributed by atoms with van der Waals surface area (Å²) in [5.74, 6) is -0.125. The lowest BCUT2D eigenvalue weighted by atomic mass is 10.1. The monoisotopic (exact) mass is 193 g/mol. The van der Waals surface area contributed by atoms with Gasteiger partial charge in [-0.3, -0.25) is 0 Å². The van der Waals surface area contributed by atoms with Crippen LogP contribution in [0.25, 0.3) is 0 Å². The van der Waals surface area contributed by atoms with Gasteiger partial charge in [0, 0.05) is 17.8 Å². The zero-order valence-electron chi connectivity index (χ0n) is 8.97. The molecular weight excluding hydrogens is 177 g/mol. The zero-order chi connectivity index (χ0) is 10.3. The highest BCUT2D eigenvalue weighted by Crippen LogP contribution is 2.33. The molecule has 1 aliphatic heterocycles. The fourth-order valence-electron chi connectivity index (χ4n) is 2.07. The van der Waals surface area contributed by atoms with Crippen molar-refractivity contribution in [3.63, 3.8) is 0 Å². The summed E-state index contributed by atoms with van der Waals surface area (Å²) in [5.41, 5.74) is 2.46. The van der Waals surface area contributed by atoms with E-state index in [9.17, 15) is 4.39 Å². The van der Waals surface area contributed by atoms with Crippen LogP contribution in [0.3, 0.4) is 0 Å². The number of benzene rings is 1. The predicted octanol–water partition coefficient (Wildman–Crippen LogP) is 2.99. The molecule has 1 heterocycles. The highest BCUT2D eigenvalue weighted by Gasteiger charge is 2.28. The minimum absolute atomic E-state index is 0.125. The van der Waals surface area contributed by atoms with E-state index < -0.39 is 0 Å². The van der Waals surface area contributed by atoms with E-state index in [1.54, 1.807) is 12.1 Å². The van der Waals surface area contributed by atoms with Gasteiger partial charge in [-0.25, -0.2) is 4.39 Å². The first-order valence-corrected chi connectivity index (χ1v) is 5.04. The van der Waals surface area contributed by atoms with Crippen molar-refractivity contribution in [2.75, 3.05) is 11.4 Å². The van der Waals surface area contributed by atoms with Crippen LogP contribution in [0.1, 0.15) is 26.3 Å². The van der Waals surface area contributed by atoms with Gasteiger partial charge in [0.2, 0.25) is 0 Å². The first kappa shape index (κ1) is 9.50. The Bertz CT molecular complexity index is 352. The molecule has 0 spiro atoms. The van der Waals surface area contributed by atoms with Gasteiger partial charge in [0.1, 0.15) is 5.82 Å². The molecule has 1 aliphatic rings. The number of halogens is 1. The average Bonchev–Trinajstić information content (AvgIpc) is 2.45. The molecule has 1 nitrogen and oxygen atoms in total. The van der Waals surface area contributed by atoms with Crippen molar-refractivity contribution in [2.45, 2.75) is 32.7 Å². The molecule has 0 aromatic heterocycles. The third kappa shape index (κ3) is 1.49. The van der Waals surface area contributed by atoms with Crippen LogP contribution in [0.4, 0.5) is 10.1 Å². The molecule has 0 bridgehead atoms. The molecule has 1 aromatic carbocycles. The lowest BCUT2D eigenvalue weighted by Gasteiger charge is -2.34. The maximum absolute atomic E-state index is 13.0. The molecule has 0 N–H and O–H groups in total. The van der Waals surface area contributed by atoms with Crippen molar-refractivity contribution < 1.29 is 4.39 Å². The molecule has 0 saturated carbocycles. The van der Waals surface area contributed by atoms with E-state index in [1.165, 1.54) is 5.69 Å². The van der Waals surface area contributed by atoms with Crippen LogP contribution in [0.2, 0.25) is 0 Å². The van der Waals surface area contributed by atoms with Crippen LogP contribution in [0, 0.1) is 5.82 Å². The molecule has 0 atom stereocenters. The molecule has 0 unspecified atom stereocenters. The Hall–Kier alpha value is -1.05. The summed E-state index contributed by atoms with van der Waals surface area (Å²) in [7, 11) is 0. The average molecular weight is 193 g/mol. The fraction of sp³-hybridized carbons (Fsp3) is 0.500. The standard InChI is InChI=1S/C12H16FN/c1-12(2,3)14-7-6-9-8-10(13)4-5-11(9)14/h4-5,8H,6-7H2,1-3H3. The van der Waals surface area contributed by atoms with Crippen LogP contribution >= 0.6 is 0 Å². The van der Waals surface area contributed by atoms with Crippen LogP contribution in [0.5, 0.6) is 0 Å². The smallest absolute Gasteiger partial charge is 0.123 e. The summed E-state index contributed by atoms with van der Waals surface area (Å²) in [6, 6.07) is 5.09. The number of anilines is 1. The van der Waals surface area contributed by atoms with Gasteiger partial charge in [-0.15, -0.1) is 0 Å².